The Morgan fingerprint density at radius 2 is 1.97 bits per heavy atom. The van der Waals surface area contributed by atoms with Gasteiger partial charge >= 0.3 is 5.91 Å². The van der Waals surface area contributed by atoms with E-state index < -0.39 is 21.7 Å². The van der Waals surface area contributed by atoms with Crippen molar-refractivity contribution in [2.24, 2.45) is 0 Å². The molecule has 0 unspecified atom stereocenters. The molecule has 1 aromatic heterocycles. The van der Waals surface area contributed by atoms with Crippen LogP contribution < -0.4 is 14.4 Å². The van der Waals surface area contributed by atoms with Crippen LogP contribution in [0.15, 0.2) is 45.7 Å². The van der Waals surface area contributed by atoms with Gasteiger partial charge in [0.15, 0.2) is 5.76 Å². The molecule has 4 rings (SSSR count). The Balaban J connectivity index is 1.65. The number of furan rings is 1. The summed E-state index contributed by atoms with van der Waals surface area (Å²) < 4.78 is 53.6. The smallest absolute Gasteiger partial charge is 0.300 e. The van der Waals surface area contributed by atoms with Crippen LogP contribution >= 0.6 is 0 Å². The normalized spacial score (nSPS) is 14.0. The maximum Gasteiger partial charge on any atom is 0.300 e. The Morgan fingerprint density at radius 1 is 1.23 bits per heavy atom. The molecule has 1 fully saturated rings. The molecule has 31 heavy (non-hydrogen) atoms. The third kappa shape index (κ3) is 4.10. The highest BCUT2D eigenvalue weighted by molar-refractivity contribution is 7.90. The standard InChI is InChI=1S/C22H23FN2O5S/c1-13(2)29-18-7-4-6-14(3)21(18)31(27,28)24-22(26)20-12-16-17(23)10-15(11-19(16)30-20)25-8-5-9-25/h4,6-7,10-13H,5,8-9H2,1-3H3,(H,24,26). The molecule has 0 bridgehead atoms. The number of fused-ring (bicyclic) bond motifs is 1. The molecule has 0 aliphatic carbocycles. The van der Waals surface area contributed by atoms with Crippen LogP contribution in [-0.2, 0) is 10.0 Å². The monoisotopic (exact) mass is 446 g/mol. The number of aryl methyl sites for hydroxylation is 1. The minimum atomic E-state index is -4.27. The van der Waals surface area contributed by atoms with Crippen molar-refractivity contribution in [1.82, 2.24) is 4.72 Å². The second-order valence-corrected chi connectivity index (χ2v) is 9.41. The lowest BCUT2D eigenvalue weighted by Gasteiger charge is -2.33. The molecule has 1 aliphatic heterocycles. The van der Waals surface area contributed by atoms with Crippen LogP contribution in [0.1, 0.15) is 36.4 Å². The van der Waals surface area contributed by atoms with Gasteiger partial charge in [-0.3, -0.25) is 4.79 Å². The van der Waals surface area contributed by atoms with E-state index in [1.807, 2.05) is 9.62 Å². The number of hydrogen-bond donors (Lipinski definition) is 1. The molecule has 0 radical (unpaired) electrons. The molecule has 0 atom stereocenters. The molecule has 1 N–H and O–H groups in total. The fraction of sp³-hybridized carbons (Fsp3) is 0.318. The van der Waals surface area contributed by atoms with Gasteiger partial charge in [-0.1, -0.05) is 12.1 Å². The molecule has 2 aromatic carbocycles. The van der Waals surface area contributed by atoms with E-state index in [-0.39, 0.29) is 33.5 Å². The molecular formula is C22H23FN2O5S. The molecule has 1 aliphatic rings. The number of anilines is 1. The predicted molar refractivity (Wildman–Crippen MR) is 115 cm³/mol. The van der Waals surface area contributed by atoms with Gasteiger partial charge in [-0.15, -0.1) is 0 Å². The van der Waals surface area contributed by atoms with Crippen molar-refractivity contribution in [3.05, 3.63) is 53.5 Å². The van der Waals surface area contributed by atoms with Gasteiger partial charge in [0.1, 0.15) is 22.0 Å². The Hall–Kier alpha value is -3.07. The highest BCUT2D eigenvalue weighted by atomic mass is 32.2. The average molecular weight is 447 g/mol. The molecule has 9 heteroatoms. The number of nitrogens with zero attached hydrogens (tertiary/aromatic N) is 1. The SMILES string of the molecule is Cc1cccc(OC(C)C)c1S(=O)(=O)NC(=O)c1cc2c(F)cc(N3CCC3)cc2o1. The first-order chi connectivity index (χ1) is 14.7. The zero-order chi connectivity index (χ0) is 22.3. The maximum atomic E-state index is 14.5. The number of hydrogen-bond acceptors (Lipinski definition) is 6. The van der Waals surface area contributed by atoms with E-state index in [0.29, 0.717) is 11.3 Å². The van der Waals surface area contributed by atoms with Crippen LogP contribution in [0.5, 0.6) is 5.75 Å². The summed E-state index contributed by atoms with van der Waals surface area (Å²) in [5.41, 5.74) is 1.28. The van der Waals surface area contributed by atoms with E-state index in [0.717, 1.165) is 19.5 Å². The van der Waals surface area contributed by atoms with Gasteiger partial charge in [0.25, 0.3) is 10.0 Å². The van der Waals surface area contributed by atoms with Gasteiger partial charge < -0.3 is 14.1 Å². The van der Waals surface area contributed by atoms with Crippen LogP contribution in [0.3, 0.4) is 0 Å². The summed E-state index contributed by atoms with van der Waals surface area (Å²) >= 11 is 0. The molecule has 164 valence electrons. The molecule has 0 saturated carbocycles. The maximum absolute atomic E-state index is 14.5. The van der Waals surface area contributed by atoms with E-state index in [4.69, 9.17) is 9.15 Å². The third-order valence-corrected chi connectivity index (χ3v) is 6.57. The van der Waals surface area contributed by atoms with Gasteiger partial charge in [-0.25, -0.2) is 17.5 Å². The van der Waals surface area contributed by atoms with Gasteiger partial charge in [-0.05, 0) is 44.9 Å². The zero-order valence-electron chi connectivity index (χ0n) is 17.4. The van der Waals surface area contributed by atoms with Crippen molar-refractivity contribution in [1.29, 1.82) is 0 Å². The molecule has 1 saturated heterocycles. The van der Waals surface area contributed by atoms with Crippen molar-refractivity contribution >= 4 is 32.6 Å². The quantitative estimate of drug-likeness (QED) is 0.616. The number of benzene rings is 2. The minimum Gasteiger partial charge on any atom is -0.490 e. The highest BCUT2D eigenvalue weighted by Gasteiger charge is 2.27. The summed E-state index contributed by atoms with van der Waals surface area (Å²) in [5, 5.41) is 0.117. The topological polar surface area (TPSA) is 88.8 Å². The van der Waals surface area contributed by atoms with E-state index >= 15 is 0 Å². The average Bonchev–Trinajstić information content (AvgIpc) is 3.04. The summed E-state index contributed by atoms with van der Waals surface area (Å²) in [4.78, 5) is 14.6. The number of carbonyl (C=O) groups is 1. The number of nitrogens with one attached hydrogen (secondary N) is 1. The summed E-state index contributed by atoms with van der Waals surface area (Å²) in [6.45, 7) is 6.81. The largest absolute Gasteiger partial charge is 0.490 e. The second-order valence-electron chi connectivity index (χ2n) is 7.79. The van der Waals surface area contributed by atoms with Crippen molar-refractivity contribution in [2.45, 2.75) is 38.2 Å². The predicted octanol–water partition coefficient (Wildman–Crippen LogP) is 4.00. The second kappa shape index (κ2) is 7.88. The summed E-state index contributed by atoms with van der Waals surface area (Å²) in [5.74, 6) is -1.67. The number of halogens is 1. The van der Waals surface area contributed by atoms with Gasteiger partial charge in [0, 0.05) is 30.9 Å². The lowest BCUT2D eigenvalue weighted by atomic mass is 10.1. The van der Waals surface area contributed by atoms with Gasteiger partial charge in [0.2, 0.25) is 0 Å². The first-order valence-electron chi connectivity index (χ1n) is 9.97. The number of rotatable bonds is 6. The van der Waals surface area contributed by atoms with E-state index in [9.17, 15) is 17.6 Å². The fourth-order valence-electron chi connectivity index (χ4n) is 3.49. The fourth-order valence-corrected chi connectivity index (χ4v) is 4.81. The van der Waals surface area contributed by atoms with E-state index in [1.54, 1.807) is 39.0 Å². The first-order valence-corrected chi connectivity index (χ1v) is 11.5. The lowest BCUT2D eigenvalue weighted by molar-refractivity contribution is 0.0956. The summed E-state index contributed by atoms with van der Waals surface area (Å²) in [6, 6.07) is 9.06. The molecule has 7 nitrogen and oxygen atoms in total. The summed E-state index contributed by atoms with van der Waals surface area (Å²) in [6.07, 6.45) is 0.774. The highest BCUT2D eigenvalue weighted by Crippen LogP contribution is 2.31. The van der Waals surface area contributed by atoms with Crippen molar-refractivity contribution in [3.63, 3.8) is 0 Å². The van der Waals surface area contributed by atoms with Crippen LogP contribution in [0.4, 0.5) is 10.1 Å². The van der Waals surface area contributed by atoms with Gasteiger partial charge in [0.05, 0.1) is 11.5 Å². The lowest BCUT2D eigenvalue weighted by Crippen LogP contribution is -2.36. The Kier molecular flexibility index (Phi) is 5.38. The first kappa shape index (κ1) is 21.2. The van der Waals surface area contributed by atoms with E-state index in [1.165, 1.54) is 18.2 Å². The number of ether oxygens (including phenoxy) is 1. The van der Waals surface area contributed by atoms with Crippen molar-refractivity contribution in [3.8, 4) is 5.75 Å². The Morgan fingerprint density at radius 3 is 2.61 bits per heavy atom. The zero-order valence-corrected chi connectivity index (χ0v) is 18.3. The molecule has 2 heterocycles. The number of sulfonamides is 1. The van der Waals surface area contributed by atoms with Gasteiger partial charge in [-0.2, -0.15) is 0 Å². The Labute approximate surface area is 179 Å². The Bertz CT molecular complexity index is 1260. The summed E-state index contributed by atoms with van der Waals surface area (Å²) in [7, 11) is -4.27. The van der Waals surface area contributed by atoms with Crippen molar-refractivity contribution < 1.29 is 26.8 Å². The molecular weight excluding hydrogens is 423 g/mol. The minimum absolute atomic E-state index is 0.117. The van der Waals surface area contributed by atoms with Crippen LogP contribution in [-0.4, -0.2) is 33.5 Å². The molecule has 3 aromatic rings. The van der Waals surface area contributed by atoms with Crippen LogP contribution in [0.2, 0.25) is 0 Å². The third-order valence-electron chi connectivity index (χ3n) is 5.05. The number of amides is 1. The van der Waals surface area contributed by atoms with Crippen molar-refractivity contribution in [2.75, 3.05) is 18.0 Å². The number of carbonyl (C=O) groups excluding carboxylic acids is 1. The molecule has 1 amide bonds. The van der Waals surface area contributed by atoms with Crippen LogP contribution in [0, 0.1) is 12.7 Å². The molecule has 0 spiro atoms. The van der Waals surface area contributed by atoms with E-state index in [2.05, 4.69) is 0 Å². The van der Waals surface area contributed by atoms with Crippen LogP contribution in [0.25, 0.3) is 11.0 Å².